The molecule has 0 unspecified atom stereocenters. The Labute approximate surface area is 82.1 Å². The quantitative estimate of drug-likeness (QED) is 0.341. The lowest BCUT2D eigenvalue weighted by Gasteiger charge is -2.04. The van der Waals surface area contributed by atoms with Gasteiger partial charge in [0.1, 0.15) is 0 Å². The minimum absolute atomic E-state index is 0.466. The average molecular weight is 199 g/mol. The molecule has 0 amide bonds. The highest BCUT2D eigenvalue weighted by atomic mass is 35.5. The average Bonchev–Trinajstić information content (AvgIpc) is 2.17. The number of hydrogen-bond acceptors (Lipinski definition) is 3. The summed E-state index contributed by atoms with van der Waals surface area (Å²) in [6.07, 6.45) is 0.521. The van der Waals surface area contributed by atoms with Crippen LogP contribution in [-0.4, -0.2) is 13.0 Å². The number of halogens is 1. The van der Waals surface area contributed by atoms with Crippen molar-refractivity contribution in [1.82, 2.24) is 0 Å². The second-order valence-corrected chi connectivity index (χ2v) is 2.90. The topological polar surface area (TPSA) is 47.6 Å². The minimum atomic E-state index is 0.466. The van der Waals surface area contributed by atoms with Crippen molar-refractivity contribution in [3.8, 4) is 0 Å². The van der Waals surface area contributed by atoms with Crippen molar-refractivity contribution < 1.29 is 4.74 Å². The first-order chi connectivity index (χ1) is 6.27. The first-order valence-corrected chi connectivity index (χ1v) is 4.20. The number of benzene rings is 1. The highest BCUT2D eigenvalue weighted by molar-refractivity contribution is 6.31. The molecule has 0 fully saturated rings. The van der Waals surface area contributed by atoms with Gasteiger partial charge in [0, 0.05) is 5.02 Å². The number of hydrogen-bond donors (Lipinski definition) is 1. The van der Waals surface area contributed by atoms with Gasteiger partial charge in [-0.05, 0) is 11.6 Å². The van der Waals surface area contributed by atoms with E-state index in [0.717, 1.165) is 5.56 Å². The second kappa shape index (κ2) is 4.72. The van der Waals surface area contributed by atoms with Gasteiger partial charge < -0.3 is 10.6 Å². The van der Waals surface area contributed by atoms with E-state index < -0.39 is 0 Å². The van der Waals surface area contributed by atoms with Gasteiger partial charge in [0.15, 0.2) is 0 Å². The van der Waals surface area contributed by atoms with Gasteiger partial charge in [0.05, 0.1) is 13.5 Å². The summed E-state index contributed by atoms with van der Waals surface area (Å²) in [6, 6.07) is 7.51. The molecule has 13 heavy (non-hydrogen) atoms. The van der Waals surface area contributed by atoms with Crippen LogP contribution in [0.4, 0.5) is 0 Å². The van der Waals surface area contributed by atoms with Crippen LogP contribution in [0.15, 0.2) is 29.4 Å². The summed E-state index contributed by atoms with van der Waals surface area (Å²) in [6.45, 7) is 0. The Hall–Kier alpha value is -1.22. The van der Waals surface area contributed by atoms with Crippen molar-refractivity contribution in [2.24, 2.45) is 10.9 Å². The van der Waals surface area contributed by atoms with Crippen LogP contribution in [0, 0.1) is 0 Å². The van der Waals surface area contributed by atoms with Crippen LogP contribution >= 0.6 is 11.6 Å². The first kappa shape index (κ1) is 9.86. The van der Waals surface area contributed by atoms with Crippen molar-refractivity contribution >= 4 is 17.5 Å². The fourth-order valence-electron chi connectivity index (χ4n) is 0.975. The van der Waals surface area contributed by atoms with Gasteiger partial charge in [0.2, 0.25) is 5.90 Å². The van der Waals surface area contributed by atoms with Crippen molar-refractivity contribution in [1.29, 1.82) is 0 Å². The first-order valence-electron chi connectivity index (χ1n) is 3.82. The maximum absolute atomic E-state index is 5.93. The predicted molar refractivity (Wildman–Crippen MR) is 53.8 cm³/mol. The third-order valence-corrected chi connectivity index (χ3v) is 2.05. The molecular weight excluding hydrogens is 188 g/mol. The zero-order chi connectivity index (χ0) is 9.68. The largest absolute Gasteiger partial charge is 0.483 e. The van der Waals surface area contributed by atoms with E-state index in [1.807, 2.05) is 24.3 Å². The Balaban J connectivity index is 2.80. The van der Waals surface area contributed by atoms with Crippen LogP contribution < -0.4 is 5.84 Å². The second-order valence-electron chi connectivity index (χ2n) is 2.50. The molecule has 0 heterocycles. The molecule has 1 aromatic rings. The molecule has 3 nitrogen and oxygen atoms in total. The lowest BCUT2D eigenvalue weighted by molar-refractivity contribution is 0.392. The van der Waals surface area contributed by atoms with Gasteiger partial charge >= 0.3 is 0 Å². The highest BCUT2D eigenvalue weighted by Gasteiger charge is 2.03. The third kappa shape index (κ3) is 2.63. The predicted octanol–water partition coefficient (Wildman–Crippen LogP) is 1.80. The van der Waals surface area contributed by atoms with E-state index in [9.17, 15) is 0 Å². The Morgan fingerprint density at radius 2 is 2.23 bits per heavy atom. The van der Waals surface area contributed by atoms with E-state index in [1.165, 1.54) is 7.11 Å². The van der Waals surface area contributed by atoms with Gasteiger partial charge in [-0.3, -0.25) is 0 Å². The fraction of sp³-hybridized carbons (Fsp3) is 0.222. The molecular formula is C9H11ClN2O. The maximum Gasteiger partial charge on any atom is 0.209 e. The summed E-state index contributed by atoms with van der Waals surface area (Å²) in [5.41, 5.74) is 0.954. The number of rotatable bonds is 2. The molecule has 2 N–H and O–H groups in total. The third-order valence-electron chi connectivity index (χ3n) is 1.68. The molecule has 1 aromatic carbocycles. The molecule has 0 bridgehead atoms. The van der Waals surface area contributed by atoms with Crippen LogP contribution in [0.25, 0.3) is 0 Å². The molecule has 0 aliphatic carbocycles. The van der Waals surface area contributed by atoms with Crippen LogP contribution in [0.5, 0.6) is 0 Å². The molecule has 0 radical (unpaired) electrons. The summed E-state index contributed by atoms with van der Waals surface area (Å²) >= 11 is 5.93. The molecule has 0 atom stereocenters. The van der Waals surface area contributed by atoms with Crippen LogP contribution in [0.1, 0.15) is 5.56 Å². The highest BCUT2D eigenvalue weighted by Crippen LogP contribution is 2.15. The van der Waals surface area contributed by atoms with E-state index in [4.69, 9.17) is 22.2 Å². The molecule has 0 spiro atoms. The van der Waals surface area contributed by atoms with Crippen molar-refractivity contribution in [2.45, 2.75) is 6.42 Å². The molecule has 0 aromatic heterocycles. The zero-order valence-corrected chi connectivity index (χ0v) is 8.08. The van der Waals surface area contributed by atoms with Crippen molar-refractivity contribution in [3.05, 3.63) is 34.9 Å². The maximum atomic E-state index is 5.93. The summed E-state index contributed by atoms with van der Waals surface area (Å²) in [4.78, 5) is 0. The molecule has 0 saturated heterocycles. The van der Waals surface area contributed by atoms with Crippen LogP contribution in [0.3, 0.4) is 0 Å². The van der Waals surface area contributed by atoms with E-state index in [0.29, 0.717) is 17.3 Å². The molecule has 0 aliphatic heterocycles. The molecule has 0 saturated carbocycles. The number of hydrazone groups is 1. The molecule has 70 valence electrons. The number of methoxy groups -OCH3 is 1. The smallest absolute Gasteiger partial charge is 0.209 e. The normalized spacial score (nSPS) is 11.4. The van der Waals surface area contributed by atoms with Gasteiger partial charge in [-0.1, -0.05) is 29.8 Å². The molecule has 1 rings (SSSR count). The van der Waals surface area contributed by atoms with E-state index in [2.05, 4.69) is 5.10 Å². The minimum Gasteiger partial charge on any atom is -0.483 e. The zero-order valence-electron chi connectivity index (χ0n) is 7.33. The van der Waals surface area contributed by atoms with Crippen LogP contribution in [0.2, 0.25) is 5.02 Å². The van der Waals surface area contributed by atoms with Gasteiger partial charge in [-0.2, -0.15) is 0 Å². The Bertz CT molecular complexity index is 312. The summed E-state index contributed by atoms with van der Waals surface area (Å²) in [7, 11) is 1.53. The van der Waals surface area contributed by atoms with Crippen molar-refractivity contribution in [2.75, 3.05) is 7.11 Å². The molecule has 4 heteroatoms. The summed E-state index contributed by atoms with van der Waals surface area (Å²) in [5.74, 6) is 5.57. The van der Waals surface area contributed by atoms with E-state index >= 15 is 0 Å². The Kier molecular flexibility index (Phi) is 3.58. The SMILES string of the molecule is COC(Cc1ccccc1Cl)=NN. The Morgan fingerprint density at radius 3 is 2.77 bits per heavy atom. The summed E-state index contributed by atoms with van der Waals surface area (Å²) in [5, 5.41) is 4.17. The lowest BCUT2D eigenvalue weighted by atomic mass is 10.1. The number of ether oxygens (including phenoxy) is 1. The number of nitrogens with zero attached hydrogens (tertiary/aromatic N) is 1. The van der Waals surface area contributed by atoms with Gasteiger partial charge in [0.25, 0.3) is 0 Å². The van der Waals surface area contributed by atoms with E-state index in [-0.39, 0.29) is 0 Å². The van der Waals surface area contributed by atoms with E-state index in [1.54, 1.807) is 0 Å². The van der Waals surface area contributed by atoms with Gasteiger partial charge in [-0.15, -0.1) is 5.10 Å². The monoisotopic (exact) mass is 198 g/mol. The standard InChI is InChI=1S/C9H11ClN2O/c1-13-9(12-11)6-7-4-2-3-5-8(7)10/h2-5H,6,11H2,1H3. The van der Waals surface area contributed by atoms with Gasteiger partial charge in [-0.25, -0.2) is 0 Å². The summed E-state index contributed by atoms with van der Waals surface area (Å²) < 4.78 is 4.92. The Morgan fingerprint density at radius 1 is 1.54 bits per heavy atom. The fourth-order valence-corrected chi connectivity index (χ4v) is 1.18. The molecule has 0 aliphatic rings. The van der Waals surface area contributed by atoms with Crippen molar-refractivity contribution in [3.63, 3.8) is 0 Å². The lowest BCUT2D eigenvalue weighted by Crippen LogP contribution is -2.08. The van der Waals surface area contributed by atoms with Crippen LogP contribution in [-0.2, 0) is 11.2 Å². The number of nitrogens with two attached hydrogens (primary N) is 1.